The molecule has 2 heterocycles. The third-order valence-electron chi connectivity index (χ3n) is 1.99. The van der Waals surface area contributed by atoms with Gasteiger partial charge in [0, 0.05) is 6.07 Å². The summed E-state index contributed by atoms with van der Waals surface area (Å²) in [6.07, 6.45) is 1.51. The molecular weight excluding hydrogens is 210 g/mol. The normalized spacial score (nSPS) is 10.3. The van der Waals surface area contributed by atoms with E-state index in [-0.39, 0.29) is 18.1 Å². The Morgan fingerprint density at radius 3 is 2.94 bits per heavy atom. The van der Waals surface area contributed by atoms with Gasteiger partial charge in [0.25, 0.3) is 0 Å². The van der Waals surface area contributed by atoms with Gasteiger partial charge >= 0.3 is 5.97 Å². The second-order valence-corrected chi connectivity index (χ2v) is 3.09. The van der Waals surface area contributed by atoms with Gasteiger partial charge in [-0.15, -0.1) is 0 Å². The van der Waals surface area contributed by atoms with Crippen molar-refractivity contribution in [2.24, 2.45) is 0 Å². The first-order chi connectivity index (χ1) is 7.72. The van der Waals surface area contributed by atoms with Crippen molar-refractivity contribution >= 4 is 11.7 Å². The zero-order valence-corrected chi connectivity index (χ0v) is 8.73. The first kappa shape index (κ1) is 10.4. The fourth-order valence-electron chi connectivity index (χ4n) is 1.30. The first-order valence-corrected chi connectivity index (χ1v) is 4.82. The lowest BCUT2D eigenvalue weighted by molar-refractivity contribution is 0.0492. The van der Waals surface area contributed by atoms with E-state index in [4.69, 9.17) is 19.3 Å². The summed E-state index contributed by atoms with van der Waals surface area (Å²) in [5, 5.41) is 0. The number of anilines is 1. The van der Waals surface area contributed by atoms with Crippen LogP contribution in [0, 0.1) is 0 Å². The largest absolute Gasteiger partial charge is 0.461 e. The lowest BCUT2D eigenvalue weighted by Crippen LogP contribution is -2.05. The highest BCUT2D eigenvalue weighted by Crippen LogP contribution is 2.27. The predicted molar refractivity (Wildman–Crippen MR) is 56.8 cm³/mol. The fourth-order valence-corrected chi connectivity index (χ4v) is 1.30. The van der Waals surface area contributed by atoms with E-state index in [1.54, 1.807) is 19.1 Å². The molecule has 0 saturated carbocycles. The fraction of sp³-hybridized carbons (Fsp3) is 0.182. The summed E-state index contributed by atoms with van der Waals surface area (Å²) in [6, 6.07) is 4.97. The molecule has 0 fully saturated rings. The minimum Gasteiger partial charge on any atom is -0.461 e. The summed E-state index contributed by atoms with van der Waals surface area (Å²) < 4.78 is 15.2. The molecule has 0 saturated heterocycles. The number of carbonyl (C=O) groups is 1. The van der Waals surface area contributed by atoms with Crippen molar-refractivity contribution in [1.29, 1.82) is 0 Å². The van der Waals surface area contributed by atoms with Gasteiger partial charge in [0.2, 0.25) is 5.76 Å². The Hall–Kier alpha value is -2.17. The lowest BCUT2D eigenvalue weighted by atomic mass is 10.3. The average molecular weight is 221 g/mol. The molecule has 2 N–H and O–H groups in total. The van der Waals surface area contributed by atoms with Gasteiger partial charge in [-0.25, -0.2) is 4.79 Å². The third kappa shape index (κ3) is 1.79. The van der Waals surface area contributed by atoms with Gasteiger partial charge in [-0.3, -0.25) is 0 Å². The molecule has 0 aliphatic carbocycles. The van der Waals surface area contributed by atoms with E-state index in [0.29, 0.717) is 11.5 Å². The summed E-state index contributed by atoms with van der Waals surface area (Å²) in [5.41, 5.74) is 5.88. The molecule has 2 rings (SSSR count). The van der Waals surface area contributed by atoms with E-state index in [2.05, 4.69) is 0 Å². The first-order valence-electron chi connectivity index (χ1n) is 4.82. The molecule has 2 aromatic heterocycles. The summed E-state index contributed by atoms with van der Waals surface area (Å²) in [4.78, 5) is 11.4. The van der Waals surface area contributed by atoms with Crippen LogP contribution in [0.4, 0.5) is 5.69 Å². The van der Waals surface area contributed by atoms with E-state index in [0.717, 1.165) is 0 Å². The Morgan fingerprint density at radius 2 is 2.31 bits per heavy atom. The van der Waals surface area contributed by atoms with Gasteiger partial charge < -0.3 is 19.3 Å². The number of nitrogens with two attached hydrogens (primary N) is 1. The molecule has 0 bridgehead atoms. The van der Waals surface area contributed by atoms with Gasteiger partial charge in [-0.1, -0.05) is 0 Å². The van der Waals surface area contributed by atoms with Crippen molar-refractivity contribution in [3.05, 3.63) is 30.2 Å². The van der Waals surface area contributed by atoms with E-state index in [1.165, 1.54) is 12.3 Å². The second kappa shape index (κ2) is 4.14. The molecule has 0 aliphatic rings. The van der Waals surface area contributed by atoms with Crippen molar-refractivity contribution in [2.45, 2.75) is 6.92 Å². The number of esters is 1. The average Bonchev–Trinajstić information content (AvgIpc) is 2.86. The van der Waals surface area contributed by atoms with Crippen LogP contribution in [0.2, 0.25) is 0 Å². The molecule has 2 aromatic rings. The third-order valence-corrected chi connectivity index (χ3v) is 1.99. The molecule has 0 unspecified atom stereocenters. The smallest absolute Gasteiger partial charge is 0.376 e. The zero-order chi connectivity index (χ0) is 11.5. The Morgan fingerprint density at radius 1 is 1.50 bits per heavy atom. The van der Waals surface area contributed by atoms with Crippen molar-refractivity contribution in [3.63, 3.8) is 0 Å². The van der Waals surface area contributed by atoms with Crippen LogP contribution in [0.15, 0.2) is 33.3 Å². The van der Waals surface area contributed by atoms with E-state index < -0.39 is 5.97 Å². The maximum atomic E-state index is 11.4. The van der Waals surface area contributed by atoms with Crippen LogP contribution in [0.1, 0.15) is 17.5 Å². The van der Waals surface area contributed by atoms with Crippen LogP contribution in [0.3, 0.4) is 0 Å². The highest BCUT2D eigenvalue weighted by molar-refractivity contribution is 5.93. The molecule has 0 spiro atoms. The predicted octanol–water partition coefficient (Wildman–Crippen LogP) is 2.30. The van der Waals surface area contributed by atoms with Crippen molar-refractivity contribution < 1.29 is 18.4 Å². The molecule has 5 nitrogen and oxygen atoms in total. The molecular formula is C11H11NO4. The van der Waals surface area contributed by atoms with E-state index in [1.807, 2.05) is 0 Å². The van der Waals surface area contributed by atoms with Gasteiger partial charge in [-0.05, 0) is 19.1 Å². The summed E-state index contributed by atoms with van der Waals surface area (Å²) in [5.74, 6) is 0.360. The molecule has 0 amide bonds. The van der Waals surface area contributed by atoms with Gasteiger partial charge in [0.05, 0.1) is 18.6 Å². The second-order valence-electron chi connectivity index (χ2n) is 3.09. The Kier molecular flexibility index (Phi) is 2.68. The SMILES string of the molecule is CCOC(=O)c1oc(-c2ccco2)cc1N. The number of nitrogen functional groups attached to an aromatic ring is 1. The Bertz CT molecular complexity index is 484. The van der Waals surface area contributed by atoms with Crippen LogP contribution in [0.5, 0.6) is 0 Å². The van der Waals surface area contributed by atoms with Crippen molar-refractivity contribution in [3.8, 4) is 11.5 Å². The summed E-state index contributed by atoms with van der Waals surface area (Å²) in [7, 11) is 0. The monoisotopic (exact) mass is 221 g/mol. The van der Waals surface area contributed by atoms with Crippen LogP contribution in [-0.2, 0) is 4.74 Å². The number of hydrogen-bond donors (Lipinski definition) is 1. The van der Waals surface area contributed by atoms with E-state index in [9.17, 15) is 4.79 Å². The van der Waals surface area contributed by atoms with Crippen LogP contribution in [-0.4, -0.2) is 12.6 Å². The maximum Gasteiger partial charge on any atom is 0.376 e. The number of carbonyl (C=O) groups excluding carboxylic acids is 1. The van der Waals surface area contributed by atoms with Crippen LogP contribution in [0.25, 0.3) is 11.5 Å². The highest BCUT2D eigenvalue weighted by Gasteiger charge is 2.19. The summed E-state index contributed by atoms with van der Waals surface area (Å²) >= 11 is 0. The van der Waals surface area contributed by atoms with Crippen LogP contribution < -0.4 is 5.73 Å². The van der Waals surface area contributed by atoms with Gasteiger partial charge in [0.15, 0.2) is 11.5 Å². The topological polar surface area (TPSA) is 78.6 Å². The molecule has 0 aliphatic heterocycles. The zero-order valence-electron chi connectivity index (χ0n) is 8.73. The Labute approximate surface area is 91.8 Å². The number of ether oxygens (including phenoxy) is 1. The number of furan rings is 2. The molecule has 0 aromatic carbocycles. The quantitative estimate of drug-likeness (QED) is 0.804. The van der Waals surface area contributed by atoms with Crippen LogP contribution >= 0.6 is 0 Å². The molecule has 84 valence electrons. The van der Waals surface area contributed by atoms with E-state index >= 15 is 0 Å². The standard InChI is InChI=1S/C11H11NO4/c1-2-14-11(13)10-7(12)6-9(16-10)8-4-3-5-15-8/h3-6H,2,12H2,1H3. The van der Waals surface area contributed by atoms with Crippen molar-refractivity contribution in [2.75, 3.05) is 12.3 Å². The Balaban J connectivity index is 2.32. The van der Waals surface area contributed by atoms with Gasteiger partial charge in [-0.2, -0.15) is 0 Å². The minimum absolute atomic E-state index is 0.00764. The maximum absolute atomic E-state index is 11.4. The molecule has 16 heavy (non-hydrogen) atoms. The lowest BCUT2D eigenvalue weighted by Gasteiger charge is -1.97. The molecule has 0 radical (unpaired) electrons. The summed E-state index contributed by atoms with van der Waals surface area (Å²) in [6.45, 7) is 1.99. The number of hydrogen-bond acceptors (Lipinski definition) is 5. The molecule has 5 heteroatoms. The number of rotatable bonds is 3. The van der Waals surface area contributed by atoms with Gasteiger partial charge in [0.1, 0.15) is 0 Å². The minimum atomic E-state index is -0.571. The van der Waals surface area contributed by atoms with Crippen molar-refractivity contribution in [1.82, 2.24) is 0 Å². The molecule has 0 atom stereocenters. The highest BCUT2D eigenvalue weighted by atomic mass is 16.5.